The third-order valence-electron chi connectivity index (χ3n) is 5.58. The summed E-state index contributed by atoms with van der Waals surface area (Å²) in [5, 5.41) is 14.7. The Bertz CT molecular complexity index is 1100. The summed E-state index contributed by atoms with van der Waals surface area (Å²) in [6.45, 7) is 6.66. The molecule has 0 radical (unpaired) electrons. The molecule has 1 aliphatic carbocycles. The molecule has 1 aliphatic rings. The zero-order valence-corrected chi connectivity index (χ0v) is 19.6. The van der Waals surface area contributed by atoms with Crippen molar-refractivity contribution in [3.8, 4) is 11.4 Å². The third kappa shape index (κ3) is 4.75. The van der Waals surface area contributed by atoms with Crippen LogP contribution >= 0.6 is 23.1 Å². The molecule has 0 fully saturated rings. The van der Waals surface area contributed by atoms with Crippen molar-refractivity contribution in [3.05, 3.63) is 45.6 Å². The second-order valence-corrected chi connectivity index (χ2v) is 9.83. The van der Waals surface area contributed by atoms with E-state index in [-0.39, 0.29) is 17.4 Å². The first-order valence-electron chi connectivity index (χ1n) is 10.5. The number of nitrogens with zero attached hydrogens (tertiary/aromatic N) is 3. The molecule has 0 spiro atoms. The lowest BCUT2D eigenvalue weighted by atomic mass is 9.88. The second-order valence-electron chi connectivity index (χ2n) is 7.92. The number of amides is 1. The lowest BCUT2D eigenvalue weighted by Crippen LogP contribution is -2.14. The predicted molar refractivity (Wildman–Crippen MR) is 126 cm³/mol. The molecular weight excluding hydrogens is 428 g/mol. The normalized spacial score (nSPS) is 15.5. The van der Waals surface area contributed by atoms with Crippen molar-refractivity contribution in [3.63, 3.8) is 0 Å². The molecule has 1 aromatic carbocycles. The summed E-state index contributed by atoms with van der Waals surface area (Å²) in [5.74, 6) is 1.77. The van der Waals surface area contributed by atoms with Crippen LogP contribution in [-0.2, 0) is 24.2 Å². The summed E-state index contributed by atoms with van der Waals surface area (Å²) in [7, 11) is 0. The summed E-state index contributed by atoms with van der Waals surface area (Å²) < 4.78 is 2.10. The number of hydrogen-bond acceptors (Lipinski definition) is 6. The van der Waals surface area contributed by atoms with Gasteiger partial charge in [0.25, 0.3) is 0 Å². The fourth-order valence-electron chi connectivity index (χ4n) is 3.86. The number of Topliss-reactive ketones (excluding diaryl/α,β-unsaturated/α-hetero) is 1. The highest BCUT2D eigenvalue weighted by atomic mass is 32.2. The highest BCUT2D eigenvalue weighted by Gasteiger charge is 2.24. The number of fused-ring (bicyclic) bond motifs is 1. The average Bonchev–Trinajstić information content (AvgIpc) is 3.35. The molecule has 0 aliphatic heterocycles. The monoisotopic (exact) mass is 454 g/mol. The van der Waals surface area contributed by atoms with Gasteiger partial charge in [0.15, 0.2) is 16.8 Å². The zero-order chi connectivity index (χ0) is 22.0. The number of benzene rings is 1. The van der Waals surface area contributed by atoms with Gasteiger partial charge in [0.2, 0.25) is 5.91 Å². The van der Waals surface area contributed by atoms with Crippen LogP contribution in [-0.4, -0.2) is 32.2 Å². The summed E-state index contributed by atoms with van der Waals surface area (Å²) >= 11 is 3.22. The Balaban J connectivity index is 1.44. The molecule has 3 aromatic rings. The first kappa shape index (κ1) is 21.8. The van der Waals surface area contributed by atoms with Gasteiger partial charge in [-0.1, -0.05) is 18.7 Å². The van der Waals surface area contributed by atoms with E-state index in [4.69, 9.17) is 0 Å². The van der Waals surface area contributed by atoms with Crippen LogP contribution in [0.1, 0.15) is 48.0 Å². The minimum Gasteiger partial charge on any atom is -0.325 e. The maximum Gasteiger partial charge on any atom is 0.234 e. The fraction of sp³-hybridized carbons (Fsp3) is 0.391. The van der Waals surface area contributed by atoms with E-state index in [0.717, 1.165) is 36.3 Å². The first-order chi connectivity index (χ1) is 15.0. The molecule has 0 saturated carbocycles. The summed E-state index contributed by atoms with van der Waals surface area (Å²) in [4.78, 5) is 25.3. The highest BCUT2D eigenvalue weighted by molar-refractivity contribution is 7.99. The first-order valence-corrected chi connectivity index (χ1v) is 12.4. The van der Waals surface area contributed by atoms with Crippen molar-refractivity contribution in [2.24, 2.45) is 5.92 Å². The van der Waals surface area contributed by atoms with E-state index in [9.17, 15) is 9.59 Å². The number of ketones is 1. The molecule has 8 heteroatoms. The molecule has 0 saturated heterocycles. The maximum atomic E-state index is 12.4. The van der Waals surface area contributed by atoms with Crippen molar-refractivity contribution in [1.29, 1.82) is 0 Å². The molecule has 1 atom stereocenters. The molecule has 31 heavy (non-hydrogen) atoms. The lowest BCUT2D eigenvalue weighted by molar-refractivity contribution is -0.113. The van der Waals surface area contributed by atoms with E-state index in [1.54, 1.807) is 24.3 Å². The van der Waals surface area contributed by atoms with Crippen LogP contribution < -0.4 is 5.32 Å². The molecule has 1 amide bonds. The van der Waals surface area contributed by atoms with Crippen molar-refractivity contribution >= 4 is 40.5 Å². The van der Waals surface area contributed by atoms with E-state index >= 15 is 0 Å². The number of anilines is 1. The Labute approximate surface area is 190 Å². The number of aromatic nitrogens is 3. The Morgan fingerprint density at radius 2 is 2.03 bits per heavy atom. The van der Waals surface area contributed by atoms with Crippen LogP contribution in [0, 0.1) is 5.92 Å². The van der Waals surface area contributed by atoms with Gasteiger partial charge in [-0.2, -0.15) is 0 Å². The van der Waals surface area contributed by atoms with Crippen LogP contribution in [0.2, 0.25) is 0 Å². The Kier molecular flexibility index (Phi) is 6.57. The van der Waals surface area contributed by atoms with E-state index in [1.165, 1.54) is 41.1 Å². The number of carbonyl (C=O) groups excluding carboxylic acids is 2. The van der Waals surface area contributed by atoms with Gasteiger partial charge in [-0.3, -0.25) is 9.59 Å². The number of thioether (sulfide) groups is 1. The number of thiophene rings is 1. The van der Waals surface area contributed by atoms with Gasteiger partial charge in [0.1, 0.15) is 0 Å². The van der Waals surface area contributed by atoms with Gasteiger partial charge in [0, 0.05) is 33.6 Å². The number of nitrogens with one attached hydrogen (secondary N) is 1. The Morgan fingerprint density at radius 3 is 2.74 bits per heavy atom. The highest BCUT2D eigenvalue weighted by Crippen LogP contribution is 2.38. The van der Waals surface area contributed by atoms with E-state index in [1.807, 2.05) is 11.3 Å². The standard InChI is InChI=1S/C23H26N4O2S2/c1-4-27-22(19-12-30-20-11-14(2)5-10-18(19)20)25-26-23(27)31-13-21(29)24-17-8-6-16(7-9-17)15(3)28/h6-9,12,14H,4-5,10-11,13H2,1-3H3,(H,24,29). The SMILES string of the molecule is CCn1c(SCC(=O)Nc2ccc(C(C)=O)cc2)nnc1-c1csc2c1CCC(C)C2. The van der Waals surface area contributed by atoms with Crippen molar-refractivity contribution < 1.29 is 9.59 Å². The lowest BCUT2D eigenvalue weighted by Gasteiger charge is -2.19. The molecule has 6 nitrogen and oxygen atoms in total. The minimum atomic E-state index is -0.116. The molecule has 2 aromatic heterocycles. The van der Waals surface area contributed by atoms with Gasteiger partial charge in [0.05, 0.1) is 5.75 Å². The smallest absolute Gasteiger partial charge is 0.234 e. The van der Waals surface area contributed by atoms with E-state index in [2.05, 4.69) is 39.3 Å². The zero-order valence-electron chi connectivity index (χ0n) is 18.0. The molecule has 0 bridgehead atoms. The quantitative estimate of drug-likeness (QED) is 0.398. The molecule has 162 valence electrons. The topological polar surface area (TPSA) is 76.9 Å². The largest absolute Gasteiger partial charge is 0.325 e. The van der Waals surface area contributed by atoms with Gasteiger partial charge in [-0.25, -0.2) is 0 Å². The van der Waals surface area contributed by atoms with Gasteiger partial charge < -0.3 is 9.88 Å². The van der Waals surface area contributed by atoms with Gasteiger partial charge in [-0.15, -0.1) is 21.5 Å². The van der Waals surface area contributed by atoms with Gasteiger partial charge in [-0.05, 0) is 68.9 Å². The fourth-order valence-corrected chi connectivity index (χ4v) is 5.91. The van der Waals surface area contributed by atoms with Crippen LogP contribution in [0.4, 0.5) is 5.69 Å². The molecule has 1 unspecified atom stereocenters. The number of hydrogen-bond donors (Lipinski definition) is 1. The Hall–Kier alpha value is -2.45. The number of carbonyl (C=O) groups is 2. The van der Waals surface area contributed by atoms with Crippen LogP contribution in [0.5, 0.6) is 0 Å². The van der Waals surface area contributed by atoms with Crippen LogP contribution in [0.3, 0.4) is 0 Å². The molecule has 4 rings (SSSR count). The third-order valence-corrected chi connectivity index (χ3v) is 7.60. The molecular formula is C23H26N4O2S2. The van der Waals surface area contributed by atoms with Crippen molar-refractivity contribution in [2.45, 2.75) is 51.7 Å². The maximum absolute atomic E-state index is 12.4. The average molecular weight is 455 g/mol. The summed E-state index contributed by atoms with van der Waals surface area (Å²) in [6.07, 6.45) is 3.46. The minimum absolute atomic E-state index is 0.00420. The Morgan fingerprint density at radius 1 is 1.26 bits per heavy atom. The number of rotatable bonds is 7. The van der Waals surface area contributed by atoms with Crippen molar-refractivity contribution in [1.82, 2.24) is 14.8 Å². The van der Waals surface area contributed by atoms with E-state index in [0.29, 0.717) is 11.3 Å². The van der Waals surface area contributed by atoms with Crippen LogP contribution in [0.25, 0.3) is 11.4 Å². The second kappa shape index (κ2) is 9.36. The summed E-state index contributed by atoms with van der Waals surface area (Å²) in [6, 6.07) is 6.92. The van der Waals surface area contributed by atoms with E-state index < -0.39 is 0 Å². The molecule has 2 heterocycles. The van der Waals surface area contributed by atoms with Crippen molar-refractivity contribution in [2.75, 3.05) is 11.1 Å². The predicted octanol–water partition coefficient (Wildman–Crippen LogP) is 5.08. The molecule has 1 N–H and O–H groups in total. The van der Waals surface area contributed by atoms with Gasteiger partial charge >= 0.3 is 0 Å². The summed E-state index contributed by atoms with van der Waals surface area (Å²) in [5.41, 5.74) is 3.92. The van der Waals surface area contributed by atoms with Crippen LogP contribution in [0.15, 0.2) is 34.8 Å².